The maximum Gasteiger partial charge on any atom is 0.255 e. The molecule has 2 rings (SSSR count). The molecule has 2 amide bonds. The Morgan fingerprint density at radius 2 is 1.85 bits per heavy atom. The summed E-state index contributed by atoms with van der Waals surface area (Å²) in [7, 11) is 1.61. The standard InChI is InChI=1S/C19H21BrN2O4/c1-12-4-6-15(11-17(12)21-13(2)23)22-19(24)14-5-7-18(16(20)10-14)26-9-8-25-3/h4-7,10-11H,8-9H2,1-3H3,(H,21,23)(H,22,24). The third-order valence-electron chi connectivity index (χ3n) is 3.55. The Morgan fingerprint density at radius 3 is 2.50 bits per heavy atom. The first kappa shape index (κ1) is 19.9. The van der Waals surface area contributed by atoms with Gasteiger partial charge in [0.1, 0.15) is 12.4 Å². The summed E-state index contributed by atoms with van der Waals surface area (Å²) in [4.78, 5) is 23.7. The van der Waals surface area contributed by atoms with Crippen molar-refractivity contribution in [3.05, 3.63) is 52.0 Å². The number of amides is 2. The van der Waals surface area contributed by atoms with Crippen LogP contribution in [0.4, 0.5) is 11.4 Å². The number of carbonyl (C=O) groups excluding carboxylic acids is 2. The molecule has 0 aromatic heterocycles. The highest BCUT2D eigenvalue weighted by Crippen LogP contribution is 2.27. The van der Waals surface area contributed by atoms with E-state index in [9.17, 15) is 9.59 Å². The van der Waals surface area contributed by atoms with Gasteiger partial charge < -0.3 is 20.1 Å². The van der Waals surface area contributed by atoms with E-state index in [1.165, 1.54) is 6.92 Å². The van der Waals surface area contributed by atoms with Crippen LogP contribution in [-0.4, -0.2) is 32.1 Å². The molecule has 26 heavy (non-hydrogen) atoms. The number of anilines is 2. The van der Waals surface area contributed by atoms with Crippen LogP contribution in [0.2, 0.25) is 0 Å². The molecule has 0 radical (unpaired) electrons. The molecule has 0 spiro atoms. The maximum absolute atomic E-state index is 12.5. The molecule has 6 nitrogen and oxygen atoms in total. The van der Waals surface area contributed by atoms with Crippen LogP contribution in [0.25, 0.3) is 0 Å². The Bertz CT molecular complexity index is 808. The lowest BCUT2D eigenvalue weighted by Gasteiger charge is -2.12. The summed E-state index contributed by atoms with van der Waals surface area (Å²) in [5, 5.41) is 5.57. The first-order valence-electron chi connectivity index (χ1n) is 8.01. The van der Waals surface area contributed by atoms with Crippen molar-refractivity contribution in [2.75, 3.05) is 31.0 Å². The van der Waals surface area contributed by atoms with Crippen LogP contribution >= 0.6 is 15.9 Å². The summed E-state index contributed by atoms with van der Waals surface area (Å²) in [6, 6.07) is 10.5. The quantitative estimate of drug-likeness (QED) is 0.663. The lowest BCUT2D eigenvalue weighted by Crippen LogP contribution is -2.13. The average molecular weight is 421 g/mol. The molecule has 0 atom stereocenters. The van der Waals surface area contributed by atoms with Gasteiger partial charge in [0, 0.05) is 31.0 Å². The van der Waals surface area contributed by atoms with Gasteiger partial charge in [0.2, 0.25) is 5.91 Å². The molecule has 2 N–H and O–H groups in total. The summed E-state index contributed by atoms with van der Waals surface area (Å²) >= 11 is 3.41. The minimum atomic E-state index is -0.258. The molecule has 0 aliphatic rings. The first-order valence-corrected chi connectivity index (χ1v) is 8.81. The lowest BCUT2D eigenvalue weighted by atomic mass is 10.1. The fourth-order valence-electron chi connectivity index (χ4n) is 2.22. The van der Waals surface area contributed by atoms with Gasteiger partial charge in [-0.25, -0.2) is 0 Å². The number of methoxy groups -OCH3 is 1. The Hall–Kier alpha value is -2.38. The summed E-state index contributed by atoms with van der Waals surface area (Å²) in [6.45, 7) is 4.24. The second kappa shape index (κ2) is 9.35. The van der Waals surface area contributed by atoms with Crippen molar-refractivity contribution < 1.29 is 19.1 Å². The Kier molecular flexibility index (Phi) is 7.17. The number of rotatable bonds is 7. The van der Waals surface area contributed by atoms with Gasteiger partial charge in [-0.15, -0.1) is 0 Å². The number of aryl methyl sites for hydroxylation is 1. The van der Waals surface area contributed by atoms with Crippen molar-refractivity contribution in [1.29, 1.82) is 0 Å². The summed E-state index contributed by atoms with van der Waals surface area (Å²) in [5.41, 5.74) is 2.66. The number of carbonyl (C=O) groups is 2. The zero-order valence-corrected chi connectivity index (χ0v) is 16.5. The van der Waals surface area contributed by atoms with Crippen LogP contribution in [0.3, 0.4) is 0 Å². The highest BCUT2D eigenvalue weighted by molar-refractivity contribution is 9.10. The minimum absolute atomic E-state index is 0.162. The van der Waals surface area contributed by atoms with Crippen LogP contribution in [0, 0.1) is 6.92 Å². The van der Waals surface area contributed by atoms with E-state index in [0.29, 0.717) is 40.4 Å². The average Bonchev–Trinajstić information content (AvgIpc) is 2.59. The van der Waals surface area contributed by atoms with Crippen molar-refractivity contribution >= 4 is 39.1 Å². The molecular weight excluding hydrogens is 400 g/mol. The highest BCUT2D eigenvalue weighted by Gasteiger charge is 2.11. The number of hydrogen-bond acceptors (Lipinski definition) is 4. The van der Waals surface area contributed by atoms with E-state index in [2.05, 4.69) is 26.6 Å². The third-order valence-corrected chi connectivity index (χ3v) is 4.16. The smallest absolute Gasteiger partial charge is 0.255 e. The molecule has 0 saturated heterocycles. The molecule has 0 aliphatic carbocycles. The molecule has 0 unspecified atom stereocenters. The van der Waals surface area contributed by atoms with Gasteiger partial charge in [-0.3, -0.25) is 9.59 Å². The highest BCUT2D eigenvalue weighted by atomic mass is 79.9. The fraction of sp³-hybridized carbons (Fsp3) is 0.263. The van der Waals surface area contributed by atoms with Crippen molar-refractivity contribution in [2.45, 2.75) is 13.8 Å². The molecule has 138 valence electrons. The molecule has 2 aromatic rings. The third kappa shape index (κ3) is 5.57. The predicted octanol–water partition coefficient (Wildman–Crippen LogP) is 3.99. The SMILES string of the molecule is COCCOc1ccc(C(=O)Nc2ccc(C)c(NC(C)=O)c2)cc1Br. The molecule has 0 aliphatic heterocycles. The predicted molar refractivity (Wildman–Crippen MR) is 105 cm³/mol. The molecule has 0 fully saturated rings. The van der Waals surface area contributed by atoms with E-state index in [1.54, 1.807) is 37.4 Å². The van der Waals surface area contributed by atoms with Crippen molar-refractivity contribution in [2.24, 2.45) is 0 Å². The minimum Gasteiger partial charge on any atom is -0.490 e. The van der Waals surface area contributed by atoms with Gasteiger partial charge in [0.15, 0.2) is 0 Å². The second-order valence-electron chi connectivity index (χ2n) is 5.65. The maximum atomic E-state index is 12.5. The molecule has 0 saturated carbocycles. The van der Waals surface area contributed by atoms with E-state index < -0.39 is 0 Å². The zero-order valence-electron chi connectivity index (χ0n) is 14.9. The Morgan fingerprint density at radius 1 is 1.08 bits per heavy atom. The molecule has 7 heteroatoms. The van der Waals surface area contributed by atoms with E-state index in [-0.39, 0.29) is 11.8 Å². The monoisotopic (exact) mass is 420 g/mol. The van der Waals surface area contributed by atoms with E-state index in [0.717, 1.165) is 5.56 Å². The number of benzene rings is 2. The molecule has 0 bridgehead atoms. The van der Waals surface area contributed by atoms with Crippen LogP contribution in [-0.2, 0) is 9.53 Å². The van der Waals surface area contributed by atoms with E-state index >= 15 is 0 Å². The zero-order chi connectivity index (χ0) is 19.1. The summed E-state index contributed by atoms with van der Waals surface area (Å²) < 4.78 is 11.2. The fourth-order valence-corrected chi connectivity index (χ4v) is 2.71. The largest absolute Gasteiger partial charge is 0.490 e. The number of halogens is 1. The van der Waals surface area contributed by atoms with E-state index in [1.807, 2.05) is 13.0 Å². The normalized spacial score (nSPS) is 10.3. The van der Waals surface area contributed by atoms with Gasteiger partial charge in [-0.05, 0) is 58.7 Å². The van der Waals surface area contributed by atoms with E-state index in [4.69, 9.17) is 9.47 Å². The number of hydrogen-bond donors (Lipinski definition) is 2. The van der Waals surface area contributed by atoms with Crippen LogP contribution in [0.5, 0.6) is 5.75 Å². The van der Waals surface area contributed by atoms with Crippen LogP contribution in [0.1, 0.15) is 22.8 Å². The summed E-state index contributed by atoms with van der Waals surface area (Å²) in [6.07, 6.45) is 0. The van der Waals surface area contributed by atoms with Gasteiger partial charge >= 0.3 is 0 Å². The van der Waals surface area contributed by atoms with Crippen molar-refractivity contribution in [3.63, 3.8) is 0 Å². The number of ether oxygens (including phenoxy) is 2. The van der Waals surface area contributed by atoms with Gasteiger partial charge in [-0.2, -0.15) is 0 Å². The van der Waals surface area contributed by atoms with Gasteiger partial charge in [0.25, 0.3) is 5.91 Å². The Balaban J connectivity index is 2.10. The van der Waals surface area contributed by atoms with Crippen molar-refractivity contribution in [3.8, 4) is 5.75 Å². The number of nitrogens with one attached hydrogen (secondary N) is 2. The topological polar surface area (TPSA) is 76.7 Å². The van der Waals surface area contributed by atoms with Gasteiger partial charge in [-0.1, -0.05) is 6.07 Å². The lowest BCUT2D eigenvalue weighted by molar-refractivity contribution is -0.114. The Labute approximate surface area is 161 Å². The molecular formula is C19H21BrN2O4. The first-order chi connectivity index (χ1) is 12.4. The molecule has 2 aromatic carbocycles. The van der Waals surface area contributed by atoms with Gasteiger partial charge in [0.05, 0.1) is 11.1 Å². The van der Waals surface area contributed by atoms with Crippen LogP contribution < -0.4 is 15.4 Å². The summed E-state index contributed by atoms with van der Waals surface area (Å²) in [5.74, 6) is 0.221. The van der Waals surface area contributed by atoms with Crippen LogP contribution in [0.15, 0.2) is 40.9 Å². The van der Waals surface area contributed by atoms with Crippen molar-refractivity contribution in [1.82, 2.24) is 0 Å². The molecule has 0 heterocycles. The second-order valence-corrected chi connectivity index (χ2v) is 6.51.